The average Bonchev–Trinajstić information content (AvgIpc) is 3.66. The van der Waals surface area contributed by atoms with Crippen molar-refractivity contribution in [1.82, 2.24) is 10.6 Å². The molecule has 4 aromatic carbocycles. The molecule has 2 bridgehead atoms. The fourth-order valence-electron chi connectivity index (χ4n) is 9.18. The quantitative estimate of drug-likeness (QED) is 0.143. The van der Waals surface area contributed by atoms with Gasteiger partial charge in [0.1, 0.15) is 35.0 Å². The van der Waals surface area contributed by atoms with Gasteiger partial charge in [-0.2, -0.15) is 0 Å². The Bertz CT molecular complexity index is 2330. The maximum Gasteiger partial charge on any atom is 0.161 e. The molecule has 5 N–H and O–H groups in total. The van der Waals surface area contributed by atoms with Crippen LogP contribution in [0.1, 0.15) is 58.2 Å². The molecule has 54 heavy (non-hydrogen) atoms. The van der Waals surface area contributed by atoms with E-state index in [-0.39, 0.29) is 36.9 Å². The van der Waals surface area contributed by atoms with Gasteiger partial charge < -0.3 is 39.6 Å². The Hall–Kier alpha value is -5.05. The Balaban J connectivity index is 1.28. The minimum atomic E-state index is -1.02. The van der Waals surface area contributed by atoms with Gasteiger partial charge >= 0.3 is 0 Å². The van der Waals surface area contributed by atoms with Crippen molar-refractivity contribution in [2.24, 2.45) is 4.99 Å². The van der Waals surface area contributed by atoms with Gasteiger partial charge in [0.2, 0.25) is 0 Å². The number of aliphatic hydroxyl groups excluding tert-OH is 1. The number of aromatic hydroxyl groups is 2. The first-order valence-electron chi connectivity index (χ1n) is 18.9. The van der Waals surface area contributed by atoms with Crippen LogP contribution < -0.4 is 35.4 Å². The van der Waals surface area contributed by atoms with Crippen LogP contribution in [0.25, 0.3) is 17.2 Å². The second kappa shape index (κ2) is 14.0. The molecule has 0 fully saturated rings. The topological polar surface area (TPSA) is 134 Å². The molecule has 0 spiro atoms. The molecule has 9 rings (SSSR count). The molecule has 4 aromatic rings. The summed E-state index contributed by atoms with van der Waals surface area (Å²) in [5.41, 5.74) is 7.18. The van der Waals surface area contributed by atoms with Crippen molar-refractivity contribution in [3.8, 4) is 51.7 Å². The normalized spacial score (nSPS) is 24.4. The van der Waals surface area contributed by atoms with E-state index >= 15 is 0 Å². The molecule has 0 unspecified atom stereocenters. The van der Waals surface area contributed by atoms with Crippen molar-refractivity contribution in [2.45, 2.75) is 68.3 Å². The number of ether oxygens (including phenoxy) is 4. The Morgan fingerprint density at radius 3 is 2.76 bits per heavy atom. The van der Waals surface area contributed by atoms with Crippen LogP contribution in [0.4, 0.5) is 0 Å². The number of benzene rings is 4. The van der Waals surface area contributed by atoms with Gasteiger partial charge in [-0.05, 0) is 115 Å². The molecular formula is C44H45N3O7. The fraction of sp³-hybridized carbons (Fsp3) is 0.386. The zero-order valence-corrected chi connectivity index (χ0v) is 30.6. The van der Waals surface area contributed by atoms with Crippen molar-refractivity contribution in [2.75, 3.05) is 40.6 Å². The van der Waals surface area contributed by atoms with Crippen molar-refractivity contribution in [3.05, 3.63) is 98.6 Å². The number of nitrogens with zero attached hydrogens (tertiary/aromatic N) is 1. The first-order valence-corrected chi connectivity index (χ1v) is 18.9. The van der Waals surface area contributed by atoms with Gasteiger partial charge in [0, 0.05) is 29.5 Å². The predicted molar refractivity (Wildman–Crippen MR) is 204 cm³/mol. The van der Waals surface area contributed by atoms with Gasteiger partial charge in [0.25, 0.3) is 0 Å². The lowest BCUT2D eigenvalue weighted by molar-refractivity contribution is -0.140. The molecule has 5 atom stereocenters. The van der Waals surface area contributed by atoms with Crippen LogP contribution in [0.3, 0.4) is 0 Å². The smallest absolute Gasteiger partial charge is 0.161 e. The molecule has 4 aliphatic heterocycles. The summed E-state index contributed by atoms with van der Waals surface area (Å²) in [7, 11) is 3.76. The highest BCUT2D eigenvalue weighted by molar-refractivity contribution is 5.85. The summed E-state index contributed by atoms with van der Waals surface area (Å²) >= 11 is 0. The summed E-state index contributed by atoms with van der Waals surface area (Å²) in [5.74, 6) is 8.98. The van der Waals surface area contributed by atoms with Crippen LogP contribution in [-0.4, -0.2) is 73.7 Å². The average molecular weight is 728 g/mol. The number of likely N-dealkylation sites (N-methyl/N-ethyl adjacent to an activating group) is 1. The zero-order valence-electron chi connectivity index (χ0n) is 30.6. The largest absolute Gasteiger partial charge is 0.508 e. The molecule has 278 valence electrons. The van der Waals surface area contributed by atoms with Crippen LogP contribution in [0.5, 0.6) is 28.7 Å². The Kier molecular flexibility index (Phi) is 8.98. The highest BCUT2D eigenvalue weighted by Crippen LogP contribution is 2.58. The molecule has 10 nitrogen and oxygen atoms in total. The maximum atomic E-state index is 10.9. The molecule has 0 saturated heterocycles. The molecular weight excluding hydrogens is 682 g/mol. The standard InChI is InChI=1S/C44H45N3O7/c1-45-24-52-44-22-35-34-19-28(18-25-6-12-36-26(17-25)14-15-47-36)33-21-29(49)8-10-31(33)40(34)42-32(11-9-30(23-48)53-42)41(35)54-43(44)27-7-13-37(50)38(20-27)51-16-4-3-5-39(44)46-2/h6-8,10,12-14,17,20-21,28,30,39,43,45-46,48-50H,4,9,11,15-16,18-19,22-24H2,1-2H3/t28-,30+,39-,43+,44-/m0/s1. The van der Waals surface area contributed by atoms with Gasteiger partial charge in [-0.25, -0.2) is 0 Å². The highest BCUT2D eigenvalue weighted by atomic mass is 16.6. The second-order valence-electron chi connectivity index (χ2n) is 14.9. The lowest BCUT2D eigenvalue weighted by Gasteiger charge is -2.49. The third-order valence-corrected chi connectivity index (χ3v) is 11.7. The summed E-state index contributed by atoms with van der Waals surface area (Å²) in [6, 6.07) is 17.1. The van der Waals surface area contributed by atoms with E-state index in [9.17, 15) is 15.3 Å². The van der Waals surface area contributed by atoms with Gasteiger partial charge in [-0.1, -0.05) is 36.1 Å². The molecule has 0 saturated carbocycles. The number of phenols is 2. The van der Waals surface area contributed by atoms with Crippen LogP contribution >= 0.6 is 0 Å². The van der Waals surface area contributed by atoms with E-state index < -0.39 is 17.7 Å². The Morgan fingerprint density at radius 1 is 1.00 bits per heavy atom. The fourth-order valence-corrected chi connectivity index (χ4v) is 9.18. The number of fused-ring (bicyclic) bond motifs is 13. The van der Waals surface area contributed by atoms with E-state index in [1.165, 1.54) is 5.56 Å². The van der Waals surface area contributed by atoms with E-state index in [4.69, 9.17) is 18.9 Å². The number of hydrogen-bond acceptors (Lipinski definition) is 10. The predicted octanol–water partition coefficient (Wildman–Crippen LogP) is 3.73. The molecule has 1 aliphatic carbocycles. The molecule has 0 aromatic heterocycles. The van der Waals surface area contributed by atoms with E-state index in [1.54, 1.807) is 12.1 Å². The van der Waals surface area contributed by atoms with Crippen LogP contribution in [0.15, 0.2) is 59.6 Å². The number of hydrogen-bond donors (Lipinski definition) is 5. The van der Waals surface area contributed by atoms with Crippen molar-refractivity contribution < 1.29 is 34.3 Å². The summed E-state index contributed by atoms with van der Waals surface area (Å²) in [5, 5.41) is 40.9. The van der Waals surface area contributed by atoms with E-state index in [0.717, 1.165) is 67.4 Å². The maximum absolute atomic E-state index is 10.9. The van der Waals surface area contributed by atoms with Crippen LogP contribution in [0.2, 0.25) is 0 Å². The minimum Gasteiger partial charge on any atom is -0.508 e. The monoisotopic (exact) mass is 727 g/mol. The van der Waals surface area contributed by atoms with E-state index in [0.29, 0.717) is 51.0 Å². The molecule has 5 aliphatic rings. The number of phenolic OH excluding ortho intramolecular Hbond substituents is 2. The minimum absolute atomic E-state index is 0.0338. The first kappa shape index (κ1) is 34.7. The zero-order chi connectivity index (χ0) is 37.0. The lowest BCUT2D eigenvalue weighted by Crippen LogP contribution is -2.60. The first-order chi connectivity index (χ1) is 26.4. The number of rotatable bonds is 7. The summed E-state index contributed by atoms with van der Waals surface area (Å²) in [4.78, 5) is 4.60. The molecule has 0 radical (unpaired) electrons. The lowest BCUT2D eigenvalue weighted by atomic mass is 9.69. The SMILES string of the molecule is CNCO[C@]12Cc3c4c(c5c(c3O[C@@H]1c1ccc(O)c(c1)OCCC#C[C@@H]2NC)CC[C@H](CO)O5)-c1ccc(O)cc1[C@@H](Cc1ccc2c(c1)=CCN=2)C4. The van der Waals surface area contributed by atoms with Gasteiger partial charge in [-0.15, -0.1) is 0 Å². The van der Waals surface area contributed by atoms with Crippen molar-refractivity contribution in [3.63, 3.8) is 0 Å². The molecule has 10 heteroatoms. The Labute approximate surface area is 314 Å². The highest BCUT2D eigenvalue weighted by Gasteiger charge is 2.54. The molecule has 4 heterocycles. The van der Waals surface area contributed by atoms with Crippen molar-refractivity contribution in [1.29, 1.82) is 0 Å². The van der Waals surface area contributed by atoms with Gasteiger partial charge in [0.05, 0.1) is 31.8 Å². The third-order valence-electron chi connectivity index (χ3n) is 11.7. The molecule has 0 amide bonds. The van der Waals surface area contributed by atoms with Crippen molar-refractivity contribution >= 4 is 6.08 Å². The van der Waals surface area contributed by atoms with E-state index in [1.807, 2.05) is 38.4 Å². The van der Waals surface area contributed by atoms with Gasteiger partial charge in [-0.3, -0.25) is 10.3 Å². The third kappa shape index (κ3) is 5.78. The van der Waals surface area contributed by atoms with E-state index in [2.05, 4.69) is 51.7 Å². The number of aliphatic hydroxyl groups is 1. The Morgan fingerprint density at radius 2 is 1.91 bits per heavy atom. The van der Waals surface area contributed by atoms with Crippen LogP contribution in [-0.2, 0) is 30.4 Å². The van der Waals surface area contributed by atoms with Gasteiger partial charge in [0.15, 0.2) is 17.6 Å². The summed E-state index contributed by atoms with van der Waals surface area (Å²) in [6.07, 6.45) is 4.82. The second-order valence-corrected chi connectivity index (χ2v) is 14.9. The van der Waals surface area contributed by atoms with Crippen LogP contribution in [0, 0.1) is 11.8 Å². The number of nitrogens with one attached hydrogen (secondary N) is 2. The summed E-state index contributed by atoms with van der Waals surface area (Å²) in [6.45, 7) is 1.18. The summed E-state index contributed by atoms with van der Waals surface area (Å²) < 4.78 is 27.1.